The molecule has 0 amide bonds. The molecule has 0 heterocycles. The lowest BCUT2D eigenvalue weighted by Gasteiger charge is -1.78. The van der Waals surface area contributed by atoms with Crippen molar-refractivity contribution in [1.82, 2.24) is 0 Å². The van der Waals surface area contributed by atoms with Crippen molar-refractivity contribution in [2.24, 2.45) is 4.40 Å². The van der Waals surface area contributed by atoms with Crippen LogP contribution in [-0.2, 0) is 0 Å². The highest BCUT2D eigenvalue weighted by molar-refractivity contribution is 14.1. The van der Waals surface area contributed by atoms with Crippen molar-refractivity contribution >= 4 is 41.1 Å². The van der Waals surface area contributed by atoms with E-state index in [4.69, 9.17) is 0 Å². The van der Waals surface area contributed by atoms with E-state index < -0.39 is 0 Å². The van der Waals surface area contributed by atoms with Crippen LogP contribution in [0.15, 0.2) is 14.6 Å². The zero-order chi connectivity index (χ0) is 5.70. The molecule has 0 saturated heterocycles. The lowest BCUT2D eigenvalue weighted by molar-refractivity contribution is 1.80. The van der Waals surface area contributed by atoms with Gasteiger partial charge in [0.1, 0.15) is 0 Å². The van der Waals surface area contributed by atoms with E-state index in [0.29, 0.717) is 0 Å². The Morgan fingerprint density at radius 3 is 2.57 bits per heavy atom. The zero-order valence-corrected chi connectivity index (χ0v) is 6.98. The summed E-state index contributed by atoms with van der Waals surface area (Å²) in [7, 11) is 0. The lowest BCUT2D eigenvalue weighted by Crippen LogP contribution is -1.76. The van der Waals surface area contributed by atoms with Crippen LogP contribution >= 0.6 is 35.4 Å². The summed E-state index contributed by atoms with van der Waals surface area (Å²) >= 11 is 5.81. The van der Waals surface area contributed by atoms with Crippen molar-refractivity contribution in [3.8, 4) is 0 Å². The van der Waals surface area contributed by atoms with Crippen LogP contribution in [0.5, 0.6) is 0 Å². The highest BCUT2D eigenvalue weighted by Gasteiger charge is 1.73. The van der Waals surface area contributed by atoms with Crippen molar-refractivity contribution in [3.63, 3.8) is 0 Å². The average molecular weight is 227 g/mol. The first-order valence-corrected chi connectivity index (χ1v) is 3.41. The fourth-order valence-corrected chi connectivity index (χ4v) is 0.712. The normalized spacial score (nSPS) is 13.3. The highest BCUT2D eigenvalue weighted by Crippen LogP contribution is 1.88. The summed E-state index contributed by atoms with van der Waals surface area (Å²) in [6, 6.07) is 0. The van der Waals surface area contributed by atoms with Gasteiger partial charge in [0.25, 0.3) is 0 Å². The van der Waals surface area contributed by atoms with Crippen LogP contribution in [0.25, 0.3) is 0 Å². The molecule has 0 spiro atoms. The standard InChI is InChI=1S/C4H6INS/c1-4(6-7)2-3-5/h2-3,7H,1H3/b3-2-,6-4?. The maximum atomic E-state index is 3.68. The van der Waals surface area contributed by atoms with Crippen molar-refractivity contribution in [3.05, 3.63) is 10.2 Å². The number of halogens is 1. The van der Waals surface area contributed by atoms with Gasteiger partial charge in [0.2, 0.25) is 0 Å². The Hall–Kier alpha value is 0.490. The molecule has 1 nitrogen and oxygen atoms in total. The molecule has 0 fully saturated rings. The first-order valence-electron chi connectivity index (χ1n) is 1.76. The molecule has 0 N–H and O–H groups in total. The Kier molecular flexibility index (Phi) is 4.97. The van der Waals surface area contributed by atoms with Crippen LogP contribution in [0.1, 0.15) is 6.92 Å². The Labute approximate surface area is 62.6 Å². The van der Waals surface area contributed by atoms with Gasteiger partial charge in [0.15, 0.2) is 0 Å². The van der Waals surface area contributed by atoms with E-state index in [0.717, 1.165) is 5.71 Å². The molecule has 0 saturated carbocycles. The van der Waals surface area contributed by atoms with E-state index in [1.165, 1.54) is 0 Å². The van der Waals surface area contributed by atoms with Crippen molar-refractivity contribution in [2.75, 3.05) is 0 Å². The van der Waals surface area contributed by atoms with Crippen LogP contribution < -0.4 is 0 Å². The van der Waals surface area contributed by atoms with Crippen LogP contribution in [0, 0.1) is 0 Å². The predicted molar refractivity (Wildman–Crippen MR) is 45.3 cm³/mol. The van der Waals surface area contributed by atoms with Gasteiger partial charge in [-0.1, -0.05) is 22.6 Å². The van der Waals surface area contributed by atoms with E-state index in [9.17, 15) is 0 Å². The largest absolute Gasteiger partial charge is 0.225 e. The van der Waals surface area contributed by atoms with Crippen molar-refractivity contribution < 1.29 is 0 Å². The monoisotopic (exact) mass is 227 g/mol. The minimum absolute atomic E-state index is 0.928. The van der Waals surface area contributed by atoms with Gasteiger partial charge >= 0.3 is 0 Å². The molecule has 0 radical (unpaired) electrons. The molecule has 0 rings (SSSR count). The maximum Gasteiger partial charge on any atom is 0.0457 e. The SMILES string of the molecule is CC(/C=C\I)=NS. The molecular formula is C4H6INS. The van der Waals surface area contributed by atoms with Crippen LogP contribution in [0.3, 0.4) is 0 Å². The van der Waals surface area contributed by atoms with Gasteiger partial charge in [-0.05, 0) is 29.9 Å². The van der Waals surface area contributed by atoms with Gasteiger partial charge in [0, 0.05) is 5.71 Å². The van der Waals surface area contributed by atoms with Crippen LogP contribution in [0.4, 0.5) is 0 Å². The Morgan fingerprint density at radius 1 is 1.86 bits per heavy atom. The van der Waals surface area contributed by atoms with Crippen molar-refractivity contribution in [1.29, 1.82) is 0 Å². The van der Waals surface area contributed by atoms with Crippen LogP contribution in [0.2, 0.25) is 0 Å². The summed E-state index contributed by atoms with van der Waals surface area (Å²) < 4.78 is 5.49. The van der Waals surface area contributed by atoms with Gasteiger partial charge in [-0.2, -0.15) is 0 Å². The van der Waals surface area contributed by atoms with E-state index in [-0.39, 0.29) is 0 Å². The van der Waals surface area contributed by atoms with Gasteiger partial charge < -0.3 is 0 Å². The lowest BCUT2D eigenvalue weighted by atomic mass is 10.4. The minimum Gasteiger partial charge on any atom is -0.225 e. The molecule has 3 heteroatoms. The summed E-state index contributed by atoms with van der Waals surface area (Å²) in [5.41, 5.74) is 0.928. The topological polar surface area (TPSA) is 12.4 Å². The average Bonchev–Trinajstić information content (AvgIpc) is 1.68. The quantitative estimate of drug-likeness (QED) is 0.400. The van der Waals surface area contributed by atoms with E-state index in [1.807, 2.05) is 17.1 Å². The number of hydrogen-bond acceptors (Lipinski definition) is 2. The number of allylic oxidation sites excluding steroid dienone is 1. The zero-order valence-electron chi connectivity index (χ0n) is 3.93. The molecule has 0 aromatic rings. The molecule has 0 aliphatic rings. The summed E-state index contributed by atoms with van der Waals surface area (Å²) in [5, 5.41) is 0. The van der Waals surface area contributed by atoms with E-state index in [1.54, 1.807) is 0 Å². The van der Waals surface area contributed by atoms with Gasteiger partial charge in [-0.3, -0.25) is 0 Å². The minimum atomic E-state index is 0.928. The van der Waals surface area contributed by atoms with Gasteiger partial charge in [-0.25, -0.2) is 4.40 Å². The number of hydrogen-bond donors (Lipinski definition) is 1. The molecule has 0 aliphatic carbocycles. The molecule has 0 bridgehead atoms. The number of thiol groups is 1. The van der Waals surface area contributed by atoms with Gasteiger partial charge in [0.05, 0.1) is 0 Å². The molecule has 0 aliphatic heterocycles. The molecule has 0 atom stereocenters. The van der Waals surface area contributed by atoms with Crippen molar-refractivity contribution in [2.45, 2.75) is 6.92 Å². The number of rotatable bonds is 1. The highest BCUT2D eigenvalue weighted by atomic mass is 127. The Bertz CT molecular complexity index is 97.9. The first-order chi connectivity index (χ1) is 3.31. The second kappa shape index (κ2) is 4.64. The molecule has 7 heavy (non-hydrogen) atoms. The molecule has 0 aromatic heterocycles. The molecule has 0 aromatic carbocycles. The summed E-state index contributed by atoms with van der Waals surface area (Å²) in [5.74, 6) is 0. The Balaban J connectivity index is 3.58. The molecule has 0 unspecified atom stereocenters. The smallest absolute Gasteiger partial charge is 0.0457 e. The predicted octanol–water partition coefficient (Wildman–Crippen LogP) is 2.24. The first kappa shape index (κ1) is 7.49. The Morgan fingerprint density at radius 2 is 2.43 bits per heavy atom. The van der Waals surface area contributed by atoms with E-state index in [2.05, 4.69) is 39.8 Å². The summed E-state index contributed by atoms with van der Waals surface area (Å²) in [6.45, 7) is 1.89. The maximum absolute atomic E-state index is 3.68. The van der Waals surface area contributed by atoms with Crippen LogP contribution in [-0.4, -0.2) is 5.71 Å². The second-order valence-corrected chi connectivity index (χ2v) is 1.95. The summed E-state index contributed by atoms with van der Waals surface area (Å²) in [6.07, 6.45) is 1.88. The fourth-order valence-electron chi connectivity index (χ4n) is 0.124. The van der Waals surface area contributed by atoms with E-state index >= 15 is 0 Å². The molecular weight excluding hydrogens is 221 g/mol. The summed E-state index contributed by atoms with van der Waals surface area (Å²) in [4.78, 5) is 0. The van der Waals surface area contributed by atoms with Gasteiger partial charge in [-0.15, -0.1) is 0 Å². The second-order valence-electron chi connectivity index (χ2n) is 1.03. The third kappa shape index (κ3) is 4.34. The fraction of sp³-hybridized carbons (Fsp3) is 0.250. The number of nitrogens with zero attached hydrogens (tertiary/aromatic N) is 1. The third-order valence-corrected chi connectivity index (χ3v) is 1.14. The molecule has 40 valence electrons. The third-order valence-electron chi connectivity index (χ3n) is 0.462.